The van der Waals surface area contributed by atoms with Crippen molar-refractivity contribution in [3.63, 3.8) is 0 Å². The summed E-state index contributed by atoms with van der Waals surface area (Å²) >= 11 is 0. The number of nitrogens with zero attached hydrogens (tertiary/aromatic N) is 1. The first-order valence-corrected chi connectivity index (χ1v) is 5.90. The maximum Gasteiger partial charge on any atom is 0.325 e. The first kappa shape index (κ1) is 14.5. The summed E-state index contributed by atoms with van der Waals surface area (Å²) in [6.45, 7) is 7.04. The minimum absolute atomic E-state index is 0.140. The number of methoxy groups -OCH3 is 1. The van der Waals surface area contributed by atoms with Gasteiger partial charge in [-0.05, 0) is 27.2 Å². The van der Waals surface area contributed by atoms with Gasteiger partial charge in [0.05, 0.1) is 12.5 Å². The number of hydrogen-bond acceptors (Lipinski definition) is 4. The Kier molecular flexibility index (Phi) is 3.69. The first-order chi connectivity index (χ1) is 8.19. The predicted octanol–water partition coefficient (Wildman–Crippen LogP) is 0.906. The van der Waals surface area contributed by atoms with Gasteiger partial charge in [-0.3, -0.25) is 14.9 Å². The molecule has 0 bridgehead atoms. The van der Waals surface area contributed by atoms with Crippen LogP contribution in [0.1, 0.15) is 34.1 Å². The third-order valence-corrected chi connectivity index (χ3v) is 3.53. The van der Waals surface area contributed by atoms with Gasteiger partial charge in [-0.1, -0.05) is 6.92 Å². The molecule has 0 aliphatic carbocycles. The molecule has 0 aromatic heterocycles. The van der Waals surface area contributed by atoms with E-state index in [1.165, 1.54) is 12.0 Å². The summed E-state index contributed by atoms with van der Waals surface area (Å²) in [7, 11) is 1.30. The summed E-state index contributed by atoms with van der Waals surface area (Å²) in [5.74, 6) is -0.733. The molecule has 1 rings (SSSR count). The van der Waals surface area contributed by atoms with E-state index >= 15 is 0 Å². The van der Waals surface area contributed by atoms with Gasteiger partial charge in [-0.15, -0.1) is 0 Å². The van der Waals surface area contributed by atoms with Crippen LogP contribution < -0.4 is 5.32 Å². The van der Waals surface area contributed by atoms with Gasteiger partial charge in [0.2, 0.25) is 0 Å². The zero-order chi connectivity index (χ0) is 14.1. The van der Waals surface area contributed by atoms with Crippen LogP contribution in [0, 0.1) is 5.41 Å². The van der Waals surface area contributed by atoms with Crippen molar-refractivity contribution in [2.75, 3.05) is 13.7 Å². The van der Waals surface area contributed by atoms with E-state index in [0.29, 0.717) is 6.42 Å². The molecule has 0 saturated carbocycles. The smallest absolute Gasteiger partial charge is 0.325 e. The van der Waals surface area contributed by atoms with Crippen molar-refractivity contribution in [3.8, 4) is 0 Å². The van der Waals surface area contributed by atoms with E-state index < -0.39 is 23.0 Å². The number of carbonyl (C=O) groups is 3. The standard InChI is InChI=1S/C12H20N2O4/c1-6-12(4)8(15)13-10(17)14(12)7-11(2,3)9(16)18-5/h6-7H2,1-5H3,(H,13,15,17). The molecule has 1 atom stereocenters. The highest BCUT2D eigenvalue weighted by Crippen LogP contribution is 2.30. The molecule has 3 amide bonds. The molecular weight excluding hydrogens is 236 g/mol. The number of rotatable bonds is 4. The Hall–Kier alpha value is -1.59. The Morgan fingerprint density at radius 1 is 1.44 bits per heavy atom. The summed E-state index contributed by atoms with van der Waals surface area (Å²) in [5.41, 5.74) is -1.75. The minimum atomic E-state index is -0.900. The van der Waals surface area contributed by atoms with Crippen LogP contribution >= 0.6 is 0 Å². The Morgan fingerprint density at radius 2 is 2.00 bits per heavy atom. The van der Waals surface area contributed by atoms with Crippen LogP contribution in [-0.4, -0.2) is 42.0 Å². The van der Waals surface area contributed by atoms with Crippen LogP contribution in [0.4, 0.5) is 4.79 Å². The van der Waals surface area contributed by atoms with Gasteiger partial charge in [0, 0.05) is 6.54 Å². The first-order valence-electron chi connectivity index (χ1n) is 5.90. The highest BCUT2D eigenvalue weighted by atomic mass is 16.5. The fraction of sp³-hybridized carbons (Fsp3) is 0.750. The summed E-state index contributed by atoms with van der Waals surface area (Å²) in [6, 6.07) is -0.457. The quantitative estimate of drug-likeness (QED) is 0.599. The largest absolute Gasteiger partial charge is 0.469 e. The highest BCUT2D eigenvalue weighted by molar-refractivity contribution is 6.06. The van der Waals surface area contributed by atoms with E-state index in [4.69, 9.17) is 4.74 Å². The molecule has 1 N–H and O–H groups in total. The maximum atomic E-state index is 11.8. The monoisotopic (exact) mass is 256 g/mol. The SMILES string of the molecule is CCC1(C)C(=O)NC(=O)N1CC(C)(C)C(=O)OC. The third-order valence-electron chi connectivity index (χ3n) is 3.53. The van der Waals surface area contributed by atoms with Crippen molar-refractivity contribution in [1.29, 1.82) is 0 Å². The third kappa shape index (κ3) is 2.19. The van der Waals surface area contributed by atoms with E-state index in [-0.39, 0.29) is 12.5 Å². The fourth-order valence-corrected chi connectivity index (χ4v) is 1.98. The van der Waals surface area contributed by atoms with Crippen molar-refractivity contribution in [1.82, 2.24) is 10.2 Å². The van der Waals surface area contributed by atoms with Gasteiger partial charge in [0.1, 0.15) is 5.54 Å². The number of urea groups is 1. The lowest BCUT2D eigenvalue weighted by Crippen LogP contribution is -2.51. The summed E-state index contributed by atoms with van der Waals surface area (Å²) < 4.78 is 4.71. The van der Waals surface area contributed by atoms with Crippen molar-refractivity contribution in [2.24, 2.45) is 5.41 Å². The molecule has 1 heterocycles. The Morgan fingerprint density at radius 3 is 2.44 bits per heavy atom. The van der Waals surface area contributed by atoms with Gasteiger partial charge in [0.25, 0.3) is 5.91 Å². The molecule has 102 valence electrons. The number of imide groups is 1. The molecular formula is C12H20N2O4. The van der Waals surface area contributed by atoms with Gasteiger partial charge in [-0.25, -0.2) is 4.79 Å². The van der Waals surface area contributed by atoms with Crippen LogP contribution in [0.2, 0.25) is 0 Å². The molecule has 1 aliphatic rings. The van der Waals surface area contributed by atoms with Crippen molar-refractivity contribution >= 4 is 17.9 Å². The number of carbonyl (C=O) groups excluding carboxylic acids is 3. The second-order valence-electron chi connectivity index (χ2n) is 5.35. The molecule has 0 aromatic rings. The molecule has 1 fully saturated rings. The van der Waals surface area contributed by atoms with Crippen LogP contribution in [0.5, 0.6) is 0 Å². The maximum absolute atomic E-state index is 11.8. The van der Waals surface area contributed by atoms with E-state index in [1.807, 2.05) is 6.92 Å². The van der Waals surface area contributed by atoms with Crippen molar-refractivity contribution < 1.29 is 19.1 Å². The number of ether oxygens (including phenoxy) is 1. The van der Waals surface area contributed by atoms with Crippen LogP contribution in [-0.2, 0) is 14.3 Å². The molecule has 1 saturated heterocycles. The average molecular weight is 256 g/mol. The van der Waals surface area contributed by atoms with Crippen LogP contribution in [0.25, 0.3) is 0 Å². The van der Waals surface area contributed by atoms with E-state index in [2.05, 4.69) is 5.32 Å². The summed E-state index contributed by atoms with van der Waals surface area (Å²) in [6.07, 6.45) is 0.488. The van der Waals surface area contributed by atoms with Gasteiger partial charge >= 0.3 is 12.0 Å². The van der Waals surface area contributed by atoms with Gasteiger partial charge < -0.3 is 9.64 Å². The molecule has 6 nitrogen and oxygen atoms in total. The van der Waals surface area contributed by atoms with Gasteiger partial charge in [0.15, 0.2) is 0 Å². The molecule has 18 heavy (non-hydrogen) atoms. The summed E-state index contributed by atoms with van der Waals surface area (Å²) in [5, 5.41) is 2.28. The average Bonchev–Trinajstić information content (AvgIpc) is 2.52. The molecule has 0 radical (unpaired) electrons. The lowest BCUT2D eigenvalue weighted by Gasteiger charge is -2.35. The van der Waals surface area contributed by atoms with Gasteiger partial charge in [-0.2, -0.15) is 0 Å². The second-order valence-corrected chi connectivity index (χ2v) is 5.35. The fourth-order valence-electron chi connectivity index (χ4n) is 1.98. The lowest BCUT2D eigenvalue weighted by molar-refractivity contribution is -0.152. The van der Waals surface area contributed by atoms with Crippen LogP contribution in [0.15, 0.2) is 0 Å². The second kappa shape index (κ2) is 4.59. The van der Waals surface area contributed by atoms with E-state index in [9.17, 15) is 14.4 Å². The summed E-state index contributed by atoms with van der Waals surface area (Å²) in [4.78, 5) is 36.6. The van der Waals surface area contributed by atoms with E-state index in [0.717, 1.165) is 0 Å². The van der Waals surface area contributed by atoms with Crippen molar-refractivity contribution in [3.05, 3.63) is 0 Å². The minimum Gasteiger partial charge on any atom is -0.469 e. The molecule has 0 spiro atoms. The zero-order valence-corrected chi connectivity index (χ0v) is 11.5. The highest BCUT2D eigenvalue weighted by Gasteiger charge is 2.50. The topological polar surface area (TPSA) is 75.7 Å². The Labute approximate surface area is 107 Å². The number of amides is 3. The number of nitrogens with one attached hydrogen (secondary N) is 1. The Bertz CT molecular complexity index is 392. The normalized spacial score (nSPS) is 24.2. The number of esters is 1. The predicted molar refractivity (Wildman–Crippen MR) is 64.7 cm³/mol. The lowest BCUT2D eigenvalue weighted by atomic mass is 9.89. The zero-order valence-electron chi connectivity index (χ0n) is 11.5. The van der Waals surface area contributed by atoms with Crippen molar-refractivity contribution in [2.45, 2.75) is 39.7 Å². The van der Waals surface area contributed by atoms with Crippen LogP contribution in [0.3, 0.4) is 0 Å². The molecule has 0 aromatic carbocycles. The molecule has 1 aliphatic heterocycles. The molecule has 1 unspecified atom stereocenters. The molecule has 6 heteroatoms. The number of hydrogen-bond donors (Lipinski definition) is 1. The van der Waals surface area contributed by atoms with E-state index in [1.54, 1.807) is 20.8 Å². The Balaban J connectivity index is 2.98.